The van der Waals surface area contributed by atoms with E-state index in [0.29, 0.717) is 11.6 Å². The lowest BCUT2D eigenvalue weighted by Crippen LogP contribution is -2.29. The maximum atomic E-state index is 11.9. The fourth-order valence-corrected chi connectivity index (χ4v) is 2.25. The van der Waals surface area contributed by atoms with Crippen molar-refractivity contribution in [2.45, 2.75) is 25.7 Å². The van der Waals surface area contributed by atoms with Gasteiger partial charge < -0.3 is 10.6 Å². The van der Waals surface area contributed by atoms with E-state index < -0.39 is 0 Å². The number of carbonyl (C=O) groups excluding carboxylic acids is 1. The third-order valence-corrected chi connectivity index (χ3v) is 3.31. The summed E-state index contributed by atoms with van der Waals surface area (Å²) in [5.74, 6) is 0.584. The van der Waals surface area contributed by atoms with E-state index in [4.69, 9.17) is 0 Å². The van der Waals surface area contributed by atoms with Gasteiger partial charge in [-0.1, -0.05) is 12.8 Å². The smallest absolute Gasteiger partial charge is 0.269 e. The summed E-state index contributed by atoms with van der Waals surface area (Å²) in [5.41, 5.74) is 1.39. The fourth-order valence-electron chi connectivity index (χ4n) is 2.25. The third kappa shape index (κ3) is 3.19. The molecule has 1 fully saturated rings. The van der Waals surface area contributed by atoms with Crippen molar-refractivity contribution in [2.24, 2.45) is 5.92 Å². The zero-order valence-corrected chi connectivity index (χ0v) is 10.2. The molecule has 0 spiro atoms. The summed E-state index contributed by atoms with van der Waals surface area (Å²) >= 11 is 0. The molecule has 1 saturated carbocycles. The molecule has 2 rings (SSSR count). The number of rotatable bonds is 4. The largest absolute Gasteiger partial charge is 0.388 e. The molecule has 1 heterocycles. The molecular formula is C13H19N3O. The number of aromatic nitrogens is 1. The molecule has 0 radical (unpaired) electrons. The minimum Gasteiger partial charge on any atom is -0.388 e. The van der Waals surface area contributed by atoms with Crippen LogP contribution in [0, 0.1) is 5.92 Å². The third-order valence-electron chi connectivity index (χ3n) is 3.31. The van der Waals surface area contributed by atoms with E-state index in [2.05, 4.69) is 15.6 Å². The van der Waals surface area contributed by atoms with Crippen LogP contribution in [0.4, 0.5) is 5.69 Å². The second-order valence-corrected chi connectivity index (χ2v) is 4.54. The van der Waals surface area contributed by atoms with E-state index in [1.807, 2.05) is 13.1 Å². The van der Waals surface area contributed by atoms with Crippen molar-refractivity contribution in [1.29, 1.82) is 0 Å². The van der Waals surface area contributed by atoms with Gasteiger partial charge in [-0.05, 0) is 30.9 Å². The predicted octanol–water partition coefficient (Wildman–Crippen LogP) is 2.04. The van der Waals surface area contributed by atoms with E-state index >= 15 is 0 Å². The lowest BCUT2D eigenvalue weighted by Gasteiger charge is -2.10. The number of amides is 1. The van der Waals surface area contributed by atoms with Gasteiger partial charge in [-0.25, -0.2) is 0 Å². The second-order valence-electron chi connectivity index (χ2n) is 4.54. The van der Waals surface area contributed by atoms with Crippen LogP contribution in [-0.2, 0) is 0 Å². The Balaban J connectivity index is 1.89. The van der Waals surface area contributed by atoms with Crippen molar-refractivity contribution in [1.82, 2.24) is 10.3 Å². The standard InChI is InChI=1S/C13H19N3O/c1-14-11-6-7-15-12(8-11)13(17)16-9-10-4-2-3-5-10/h6-8,10H,2-5,9H2,1H3,(H,14,15)(H,16,17). The average molecular weight is 233 g/mol. The van der Waals surface area contributed by atoms with Gasteiger partial charge in [0.25, 0.3) is 5.91 Å². The number of nitrogens with zero attached hydrogens (tertiary/aromatic N) is 1. The van der Waals surface area contributed by atoms with Gasteiger partial charge in [-0.3, -0.25) is 9.78 Å². The van der Waals surface area contributed by atoms with Crippen molar-refractivity contribution in [3.63, 3.8) is 0 Å². The van der Waals surface area contributed by atoms with E-state index in [0.717, 1.165) is 12.2 Å². The van der Waals surface area contributed by atoms with Crippen LogP contribution in [0.1, 0.15) is 36.2 Å². The Morgan fingerprint density at radius 1 is 1.47 bits per heavy atom. The summed E-state index contributed by atoms with van der Waals surface area (Å²) in [6.07, 6.45) is 6.73. The van der Waals surface area contributed by atoms with Crippen LogP contribution in [0.3, 0.4) is 0 Å². The van der Waals surface area contributed by atoms with Gasteiger partial charge in [0, 0.05) is 25.5 Å². The summed E-state index contributed by atoms with van der Waals surface area (Å²) < 4.78 is 0. The maximum absolute atomic E-state index is 11.9. The predicted molar refractivity (Wildman–Crippen MR) is 68.1 cm³/mol. The highest BCUT2D eigenvalue weighted by atomic mass is 16.1. The Morgan fingerprint density at radius 2 is 2.24 bits per heavy atom. The van der Waals surface area contributed by atoms with Gasteiger partial charge in [0.1, 0.15) is 5.69 Å². The molecule has 0 atom stereocenters. The molecule has 0 unspecified atom stereocenters. The lowest BCUT2D eigenvalue weighted by atomic mass is 10.1. The van der Waals surface area contributed by atoms with Gasteiger partial charge in [0.15, 0.2) is 0 Å². The van der Waals surface area contributed by atoms with Crippen molar-refractivity contribution in [2.75, 3.05) is 18.9 Å². The highest BCUT2D eigenvalue weighted by Crippen LogP contribution is 2.23. The molecule has 92 valence electrons. The van der Waals surface area contributed by atoms with Crippen LogP contribution in [0.2, 0.25) is 0 Å². The van der Waals surface area contributed by atoms with E-state index in [1.54, 1.807) is 12.3 Å². The zero-order valence-electron chi connectivity index (χ0n) is 10.2. The zero-order chi connectivity index (χ0) is 12.1. The van der Waals surface area contributed by atoms with Crippen LogP contribution < -0.4 is 10.6 Å². The number of pyridine rings is 1. The van der Waals surface area contributed by atoms with Crippen LogP contribution in [-0.4, -0.2) is 24.5 Å². The molecule has 0 bridgehead atoms. The van der Waals surface area contributed by atoms with Crippen LogP contribution in [0.5, 0.6) is 0 Å². The first-order chi connectivity index (χ1) is 8.29. The molecule has 1 aromatic heterocycles. The quantitative estimate of drug-likeness (QED) is 0.836. The Labute approximate surface area is 102 Å². The molecule has 1 aliphatic carbocycles. The first-order valence-electron chi connectivity index (χ1n) is 6.21. The topological polar surface area (TPSA) is 54.0 Å². The monoisotopic (exact) mass is 233 g/mol. The summed E-state index contributed by atoms with van der Waals surface area (Å²) in [6.45, 7) is 0.782. The van der Waals surface area contributed by atoms with Gasteiger partial charge in [-0.2, -0.15) is 0 Å². The first-order valence-corrected chi connectivity index (χ1v) is 6.21. The average Bonchev–Trinajstić information content (AvgIpc) is 2.89. The van der Waals surface area contributed by atoms with Crippen molar-refractivity contribution >= 4 is 11.6 Å². The Hall–Kier alpha value is -1.58. The lowest BCUT2D eigenvalue weighted by molar-refractivity contribution is 0.0942. The molecule has 0 aliphatic heterocycles. The van der Waals surface area contributed by atoms with Crippen molar-refractivity contribution < 1.29 is 4.79 Å². The minimum absolute atomic E-state index is 0.0750. The summed E-state index contributed by atoms with van der Waals surface area (Å²) in [6, 6.07) is 3.61. The van der Waals surface area contributed by atoms with Gasteiger partial charge >= 0.3 is 0 Å². The number of anilines is 1. The fraction of sp³-hybridized carbons (Fsp3) is 0.538. The Kier molecular flexibility index (Phi) is 3.96. The molecule has 4 nitrogen and oxygen atoms in total. The molecule has 0 saturated heterocycles. The highest BCUT2D eigenvalue weighted by Gasteiger charge is 2.16. The van der Waals surface area contributed by atoms with Gasteiger partial charge in [0.2, 0.25) is 0 Å². The molecule has 1 aromatic rings. The highest BCUT2D eigenvalue weighted by molar-refractivity contribution is 5.93. The molecule has 2 N–H and O–H groups in total. The van der Waals surface area contributed by atoms with Crippen LogP contribution in [0.25, 0.3) is 0 Å². The molecule has 0 aromatic carbocycles. The Morgan fingerprint density at radius 3 is 2.94 bits per heavy atom. The first kappa shape index (κ1) is 11.9. The van der Waals surface area contributed by atoms with Crippen LogP contribution >= 0.6 is 0 Å². The van der Waals surface area contributed by atoms with E-state index in [1.165, 1.54) is 25.7 Å². The summed E-state index contributed by atoms with van der Waals surface area (Å²) in [4.78, 5) is 15.9. The second kappa shape index (κ2) is 5.66. The number of hydrogen-bond acceptors (Lipinski definition) is 3. The minimum atomic E-state index is -0.0750. The molecule has 4 heteroatoms. The van der Waals surface area contributed by atoms with Gasteiger partial charge in [-0.15, -0.1) is 0 Å². The van der Waals surface area contributed by atoms with E-state index in [9.17, 15) is 4.79 Å². The van der Waals surface area contributed by atoms with E-state index in [-0.39, 0.29) is 5.91 Å². The van der Waals surface area contributed by atoms with Crippen molar-refractivity contribution in [3.05, 3.63) is 24.0 Å². The molecular weight excluding hydrogens is 214 g/mol. The molecule has 17 heavy (non-hydrogen) atoms. The van der Waals surface area contributed by atoms with Crippen LogP contribution in [0.15, 0.2) is 18.3 Å². The number of hydrogen-bond donors (Lipinski definition) is 2. The summed E-state index contributed by atoms with van der Waals surface area (Å²) in [5, 5.41) is 5.96. The maximum Gasteiger partial charge on any atom is 0.269 e. The Bertz CT molecular complexity index is 386. The molecule has 1 aliphatic rings. The summed E-state index contributed by atoms with van der Waals surface area (Å²) in [7, 11) is 1.83. The van der Waals surface area contributed by atoms with Gasteiger partial charge in [0.05, 0.1) is 0 Å². The number of nitrogens with one attached hydrogen (secondary N) is 2. The SMILES string of the molecule is CNc1ccnc(C(=O)NCC2CCCC2)c1. The number of carbonyl (C=O) groups is 1. The normalized spacial score (nSPS) is 15.8. The molecule has 1 amide bonds. The van der Waals surface area contributed by atoms with Crippen molar-refractivity contribution in [3.8, 4) is 0 Å².